The van der Waals surface area contributed by atoms with Crippen LogP contribution in [0.15, 0.2) is 55.1 Å². The van der Waals surface area contributed by atoms with Crippen molar-refractivity contribution in [3.05, 3.63) is 60.7 Å². The van der Waals surface area contributed by atoms with Crippen LogP contribution < -0.4 is 0 Å². The predicted molar refractivity (Wildman–Crippen MR) is 68.3 cm³/mol. The van der Waals surface area contributed by atoms with Gasteiger partial charge in [-0.1, -0.05) is 55.5 Å². The lowest BCUT2D eigenvalue weighted by Gasteiger charge is -2.17. The first-order chi connectivity index (χ1) is 7.74. The molecule has 0 aliphatic carbocycles. The van der Waals surface area contributed by atoms with Gasteiger partial charge in [-0.15, -0.1) is 6.58 Å². The van der Waals surface area contributed by atoms with Crippen LogP contribution in [0, 0.1) is 5.92 Å². The van der Waals surface area contributed by atoms with E-state index in [1.54, 1.807) is 6.08 Å². The normalized spacial score (nSPS) is 14.6. The Morgan fingerprint density at radius 3 is 2.56 bits per heavy atom. The molecule has 0 heterocycles. The minimum absolute atomic E-state index is 0.0609. The number of hydrogen-bond acceptors (Lipinski definition) is 1. The van der Waals surface area contributed by atoms with Gasteiger partial charge in [0.2, 0.25) is 0 Å². The molecular formula is C15H16O. The van der Waals surface area contributed by atoms with Crippen LogP contribution in [0.4, 0.5) is 0 Å². The van der Waals surface area contributed by atoms with Crippen molar-refractivity contribution < 1.29 is 5.11 Å². The number of aliphatic hydroxyl groups excluding tert-OH is 1. The standard InChI is InChI=1S/C15H16O/c1-3-11(2)15(16)14-10-6-8-12-7-4-5-9-13(12)14/h3-11,15-16H,1H2,2H3/t11-,15+/m1/s1. The molecule has 0 aromatic heterocycles. The Morgan fingerprint density at radius 2 is 1.81 bits per heavy atom. The largest absolute Gasteiger partial charge is 0.388 e. The van der Waals surface area contributed by atoms with E-state index in [9.17, 15) is 5.11 Å². The fraction of sp³-hybridized carbons (Fsp3) is 0.200. The minimum atomic E-state index is -0.483. The van der Waals surface area contributed by atoms with Gasteiger partial charge in [0, 0.05) is 5.92 Å². The van der Waals surface area contributed by atoms with Crippen molar-refractivity contribution in [3.63, 3.8) is 0 Å². The van der Waals surface area contributed by atoms with Crippen LogP contribution in [-0.2, 0) is 0 Å². The molecule has 1 N–H and O–H groups in total. The summed E-state index contributed by atoms with van der Waals surface area (Å²) in [5.41, 5.74) is 0.977. The summed E-state index contributed by atoms with van der Waals surface area (Å²) in [6.07, 6.45) is 1.30. The maximum absolute atomic E-state index is 10.2. The summed E-state index contributed by atoms with van der Waals surface area (Å²) >= 11 is 0. The molecule has 0 saturated heterocycles. The molecule has 16 heavy (non-hydrogen) atoms. The van der Waals surface area contributed by atoms with Crippen molar-refractivity contribution in [1.29, 1.82) is 0 Å². The van der Waals surface area contributed by atoms with Gasteiger partial charge >= 0.3 is 0 Å². The van der Waals surface area contributed by atoms with Gasteiger partial charge in [-0.2, -0.15) is 0 Å². The third-order valence-electron chi connectivity index (χ3n) is 3.01. The third-order valence-corrected chi connectivity index (χ3v) is 3.01. The highest BCUT2D eigenvalue weighted by atomic mass is 16.3. The molecule has 2 aromatic rings. The molecule has 2 atom stereocenters. The van der Waals surface area contributed by atoms with E-state index in [4.69, 9.17) is 0 Å². The Morgan fingerprint density at radius 1 is 1.12 bits per heavy atom. The maximum Gasteiger partial charge on any atom is 0.0855 e. The maximum atomic E-state index is 10.2. The molecule has 0 radical (unpaired) electrons. The highest BCUT2D eigenvalue weighted by Gasteiger charge is 2.15. The van der Waals surface area contributed by atoms with Gasteiger partial charge in [-0.05, 0) is 16.3 Å². The SMILES string of the molecule is C=C[C@@H](C)[C@H](O)c1cccc2ccccc12. The molecule has 0 spiro atoms. The fourth-order valence-electron chi connectivity index (χ4n) is 1.92. The van der Waals surface area contributed by atoms with Crippen LogP contribution in [-0.4, -0.2) is 5.11 Å². The van der Waals surface area contributed by atoms with E-state index < -0.39 is 6.10 Å². The van der Waals surface area contributed by atoms with Crippen LogP contribution in [0.5, 0.6) is 0 Å². The van der Waals surface area contributed by atoms with Crippen LogP contribution in [0.2, 0.25) is 0 Å². The fourth-order valence-corrected chi connectivity index (χ4v) is 1.92. The van der Waals surface area contributed by atoms with E-state index in [-0.39, 0.29) is 5.92 Å². The molecule has 1 nitrogen and oxygen atoms in total. The molecule has 2 rings (SSSR count). The molecule has 0 saturated carbocycles. The summed E-state index contributed by atoms with van der Waals surface area (Å²) < 4.78 is 0. The van der Waals surface area contributed by atoms with Crippen molar-refractivity contribution in [1.82, 2.24) is 0 Å². The molecule has 82 valence electrons. The van der Waals surface area contributed by atoms with E-state index in [2.05, 4.69) is 18.7 Å². The first-order valence-electron chi connectivity index (χ1n) is 5.52. The number of benzene rings is 2. The zero-order valence-corrected chi connectivity index (χ0v) is 9.43. The van der Waals surface area contributed by atoms with Gasteiger partial charge in [0.05, 0.1) is 6.10 Å². The second-order valence-corrected chi connectivity index (χ2v) is 4.11. The van der Waals surface area contributed by atoms with E-state index in [0.29, 0.717) is 0 Å². The van der Waals surface area contributed by atoms with E-state index in [0.717, 1.165) is 16.3 Å². The second kappa shape index (κ2) is 4.50. The van der Waals surface area contributed by atoms with Crippen molar-refractivity contribution in [2.75, 3.05) is 0 Å². The summed E-state index contributed by atoms with van der Waals surface area (Å²) in [5, 5.41) is 12.5. The highest BCUT2D eigenvalue weighted by molar-refractivity contribution is 5.86. The van der Waals surface area contributed by atoms with Crippen molar-refractivity contribution in [2.45, 2.75) is 13.0 Å². The first-order valence-corrected chi connectivity index (χ1v) is 5.52. The summed E-state index contributed by atoms with van der Waals surface area (Å²) in [5.74, 6) is 0.0609. The van der Waals surface area contributed by atoms with Gasteiger partial charge in [0.15, 0.2) is 0 Å². The van der Waals surface area contributed by atoms with Crippen molar-refractivity contribution in [3.8, 4) is 0 Å². The lowest BCUT2D eigenvalue weighted by molar-refractivity contribution is 0.141. The monoisotopic (exact) mass is 212 g/mol. The quantitative estimate of drug-likeness (QED) is 0.769. The molecule has 0 aliphatic heterocycles. The van der Waals surface area contributed by atoms with Crippen LogP contribution >= 0.6 is 0 Å². The molecule has 0 amide bonds. The van der Waals surface area contributed by atoms with Gasteiger partial charge in [-0.25, -0.2) is 0 Å². The Labute approximate surface area is 96.0 Å². The lowest BCUT2D eigenvalue weighted by Crippen LogP contribution is -2.06. The van der Waals surface area contributed by atoms with Crippen LogP contribution in [0.25, 0.3) is 10.8 Å². The molecule has 2 aromatic carbocycles. The van der Waals surface area contributed by atoms with Crippen LogP contribution in [0.3, 0.4) is 0 Å². The molecule has 0 bridgehead atoms. The van der Waals surface area contributed by atoms with Crippen LogP contribution in [0.1, 0.15) is 18.6 Å². The van der Waals surface area contributed by atoms with Gasteiger partial charge in [0.1, 0.15) is 0 Å². The number of hydrogen-bond donors (Lipinski definition) is 1. The molecule has 0 aliphatic rings. The number of fused-ring (bicyclic) bond motifs is 1. The van der Waals surface area contributed by atoms with E-state index >= 15 is 0 Å². The average molecular weight is 212 g/mol. The zero-order valence-electron chi connectivity index (χ0n) is 9.43. The summed E-state index contributed by atoms with van der Waals surface area (Å²) in [6.45, 7) is 5.70. The molecule has 0 fully saturated rings. The highest BCUT2D eigenvalue weighted by Crippen LogP contribution is 2.29. The Balaban J connectivity index is 2.56. The van der Waals surface area contributed by atoms with Gasteiger partial charge in [-0.3, -0.25) is 0 Å². The molecule has 1 heteroatoms. The molecular weight excluding hydrogens is 196 g/mol. The lowest BCUT2D eigenvalue weighted by atomic mass is 9.93. The number of aliphatic hydroxyl groups is 1. The zero-order chi connectivity index (χ0) is 11.5. The van der Waals surface area contributed by atoms with E-state index in [1.165, 1.54) is 0 Å². The Kier molecular flexibility index (Phi) is 3.07. The summed E-state index contributed by atoms with van der Waals surface area (Å²) in [6, 6.07) is 14.1. The van der Waals surface area contributed by atoms with Crippen molar-refractivity contribution >= 4 is 10.8 Å². The topological polar surface area (TPSA) is 20.2 Å². The smallest absolute Gasteiger partial charge is 0.0855 e. The summed E-state index contributed by atoms with van der Waals surface area (Å²) in [7, 11) is 0. The Hall–Kier alpha value is -1.60. The van der Waals surface area contributed by atoms with E-state index in [1.807, 2.05) is 37.3 Å². The first kappa shape index (κ1) is 10.9. The minimum Gasteiger partial charge on any atom is -0.388 e. The second-order valence-electron chi connectivity index (χ2n) is 4.11. The number of rotatable bonds is 3. The van der Waals surface area contributed by atoms with Crippen molar-refractivity contribution in [2.24, 2.45) is 5.92 Å². The predicted octanol–water partition coefficient (Wildman–Crippen LogP) is 3.70. The average Bonchev–Trinajstić information content (AvgIpc) is 2.36. The third kappa shape index (κ3) is 1.86. The van der Waals surface area contributed by atoms with Gasteiger partial charge in [0.25, 0.3) is 0 Å². The Bertz CT molecular complexity index is 496. The summed E-state index contributed by atoms with van der Waals surface area (Å²) in [4.78, 5) is 0. The van der Waals surface area contributed by atoms with Gasteiger partial charge < -0.3 is 5.11 Å². The molecule has 0 unspecified atom stereocenters.